The molecular weight excluding hydrogens is 211 g/mol. The molecule has 0 radical (unpaired) electrons. The molecule has 0 rings (SSSR count). The molecule has 0 aromatic carbocycles. The highest BCUT2D eigenvalue weighted by Gasteiger charge is 1.77. The third kappa shape index (κ3) is 2.65. The minimum atomic E-state index is 0.663. The Hall–Kier alpha value is 0.420. The van der Waals surface area contributed by atoms with Crippen LogP contribution in [0.15, 0.2) is 0 Å². The lowest BCUT2D eigenvalue weighted by Crippen LogP contribution is -2.24. The molecule has 0 fully saturated rings. The lowest BCUT2D eigenvalue weighted by molar-refractivity contribution is 1.17. The van der Waals surface area contributed by atoms with Gasteiger partial charge >= 0.3 is 0 Å². The summed E-state index contributed by atoms with van der Waals surface area (Å²) in [7, 11) is 1.77. The summed E-state index contributed by atoms with van der Waals surface area (Å²) in [6.45, 7) is 0. The van der Waals surface area contributed by atoms with Crippen LogP contribution in [0.5, 0.6) is 0 Å². The van der Waals surface area contributed by atoms with Crippen LogP contribution in [0, 0.1) is 0 Å². The van der Waals surface area contributed by atoms with Gasteiger partial charge in [0.25, 0.3) is 0 Å². The summed E-state index contributed by atoms with van der Waals surface area (Å²) >= 11 is 6.59. The van der Waals surface area contributed by atoms with Crippen molar-refractivity contribution in [1.82, 2.24) is 8.85 Å². The molecule has 0 heterocycles. The van der Waals surface area contributed by atoms with Crippen LogP contribution in [0.1, 0.15) is 0 Å². The topological polar surface area (TPSA) is 24.1 Å². The van der Waals surface area contributed by atoms with E-state index >= 15 is 0 Å². The number of nitrogens with one attached hydrogen (secondary N) is 2. The molecule has 0 spiro atoms. The van der Waals surface area contributed by atoms with Crippen molar-refractivity contribution in [3.63, 3.8) is 0 Å². The second kappa shape index (κ2) is 3.60. The molecule has 0 aromatic heterocycles. The Morgan fingerprint density at radius 2 is 2.33 bits per heavy atom. The number of hydrogen-bond donors (Lipinski definition) is 2. The standard InChI is InChI=1S/C2H5IN2S/c1-4-2(6)5-3/h1H3,(H2,4,5,6). The van der Waals surface area contributed by atoms with E-state index in [1.54, 1.807) is 7.05 Å². The molecule has 0 aliphatic heterocycles. The second-order valence-electron chi connectivity index (χ2n) is 0.674. The highest BCUT2D eigenvalue weighted by atomic mass is 127. The highest BCUT2D eigenvalue weighted by molar-refractivity contribution is 14.1. The Bertz CT molecular complexity index is 49.5. The van der Waals surface area contributed by atoms with Crippen molar-refractivity contribution in [2.75, 3.05) is 7.05 Å². The number of thiocarbonyl (C=S) groups is 1. The van der Waals surface area contributed by atoms with Crippen molar-refractivity contribution in [3.8, 4) is 0 Å². The van der Waals surface area contributed by atoms with Gasteiger partial charge in [-0.1, -0.05) is 0 Å². The summed E-state index contributed by atoms with van der Waals surface area (Å²) < 4.78 is 2.70. The molecule has 0 bridgehead atoms. The third-order valence-corrected chi connectivity index (χ3v) is 1.52. The average Bonchev–Trinajstić information content (AvgIpc) is 1.65. The molecule has 0 aromatic rings. The van der Waals surface area contributed by atoms with Gasteiger partial charge in [-0.05, 0) is 12.2 Å². The molecule has 36 valence electrons. The van der Waals surface area contributed by atoms with Crippen molar-refractivity contribution in [1.29, 1.82) is 0 Å². The van der Waals surface area contributed by atoms with E-state index in [1.165, 1.54) is 0 Å². The molecule has 0 saturated carbocycles. The van der Waals surface area contributed by atoms with Crippen LogP contribution in [0.3, 0.4) is 0 Å². The number of rotatable bonds is 0. The quantitative estimate of drug-likeness (QED) is 0.349. The first kappa shape index (κ1) is 6.42. The van der Waals surface area contributed by atoms with Gasteiger partial charge < -0.3 is 8.85 Å². The van der Waals surface area contributed by atoms with Gasteiger partial charge in [0.15, 0.2) is 5.11 Å². The van der Waals surface area contributed by atoms with Crippen molar-refractivity contribution in [2.45, 2.75) is 0 Å². The SMILES string of the molecule is CNC(=S)NI. The Morgan fingerprint density at radius 1 is 1.83 bits per heavy atom. The smallest absolute Gasteiger partial charge is 0.174 e. The van der Waals surface area contributed by atoms with Crippen LogP contribution in [-0.4, -0.2) is 12.2 Å². The minimum Gasteiger partial charge on any atom is -0.365 e. The molecule has 0 saturated heterocycles. The molecule has 4 heteroatoms. The molecule has 0 amide bonds. The molecule has 2 N–H and O–H groups in total. The summed E-state index contributed by atoms with van der Waals surface area (Å²) in [6.07, 6.45) is 0. The van der Waals surface area contributed by atoms with Crippen molar-refractivity contribution < 1.29 is 0 Å². The highest BCUT2D eigenvalue weighted by Crippen LogP contribution is 1.67. The molecular formula is C2H5IN2S. The minimum absolute atomic E-state index is 0.663. The Balaban J connectivity index is 2.99. The lowest BCUT2D eigenvalue weighted by atomic mass is 11.1. The Morgan fingerprint density at radius 3 is 2.33 bits per heavy atom. The van der Waals surface area contributed by atoms with E-state index in [9.17, 15) is 0 Å². The predicted octanol–water partition coefficient (Wildman–Crippen LogP) is 0.430. The zero-order valence-corrected chi connectivity index (χ0v) is 6.26. The Kier molecular flexibility index (Phi) is 3.86. The normalized spacial score (nSPS) is 7.00. The Labute approximate surface area is 56.2 Å². The van der Waals surface area contributed by atoms with E-state index in [0.717, 1.165) is 0 Å². The molecule has 2 nitrogen and oxygen atoms in total. The molecule has 0 aliphatic rings. The maximum absolute atomic E-state index is 4.63. The van der Waals surface area contributed by atoms with Crippen molar-refractivity contribution in [3.05, 3.63) is 0 Å². The van der Waals surface area contributed by atoms with E-state index in [0.29, 0.717) is 5.11 Å². The van der Waals surface area contributed by atoms with Gasteiger partial charge in [0, 0.05) is 7.05 Å². The first-order valence-electron chi connectivity index (χ1n) is 1.39. The summed E-state index contributed by atoms with van der Waals surface area (Å²) in [5.74, 6) is 0. The first-order valence-corrected chi connectivity index (χ1v) is 2.88. The first-order chi connectivity index (χ1) is 2.81. The van der Waals surface area contributed by atoms with Crippen molar-refractivity contribution in [2.24, 2.45) is 0 Å². The zero-order valence-electron chi connectivity index (χ0n) is 3.29. The molecule has 0 atom stereocenters. The van der Waals surface area contributed by atoms with Gasteiger partial charge in [0.2, 0.25) is 0 Å². The third-order valence-electron chi connectivity index (χ3n) is 0.313. The summed E-state index contributed by atoms with van der Waals surface area (Å²) in [6, 6.07) is 0. The van der Waals surface area contributed by atoms with Gasteiger partial charge in [-0.2, -0.15) is 0 Å². The maximum atomic E-state index is 4.63. The fraction of sp³-hybridized carbons (Fsp3) is 0.500. The van der Waals surface area contributed by atoms with Gasteiger partial charge in [0.05, 0.1) is 22.9 Å². The van der Waals surface area contributed by atoms with Gasteiger partial charge in [-0.25, -0.2) is 0 Å². The average molecular weight is 216 g/mol. The van der Waals surface area contributed by atoms with Crippen LogP contribution >= 0.6 is 35.1 Å². The number of hydrogen-bond acceptors (Lipinski definition) is 1. The fourth-order valence-electron chi connectivity index (χ4n) is 0.0472. The van der Waals surface area contributed by atoms with Crippen LogP contribution in [0.25, 0.3) is 0 Å². The molecule has 0 aliphatic carbocycles. The van der Waals surface area contributed by atoms with Gasteiger partial charge in [0.1, 0.15) is 0 Å². The van der Waals surface area contributed by atoms with Crippen LogP contribution in [0.4, 0.5) is 0 Å². The summed E-state index contributed by atoms with van der Waals surface area (Å²) in [4.78, 5) is 0. The molecule has 6 heavy (non-hydrogen) atoms. The number of halogens is 1. The zero-order chi connectivity index (χ0) is 4.99. The predicted molar refractivity (Wildman–Crippen MR) is 38.8 cm³/mol. The molecule has 0 unspecified atom stereocenters. The maximum Gasteiger partial charge on any atom is 0.174 e. The lowest BCUT2D eigenvalue weighted by Gasteiger charge is -1.93. The second-order valence-corrected chi connectivity index (χ2v) is 1.62. The van der Waals surface area contributed by atoms with E-state index in [2.05, 4.69) is 21.1 Å². The van der Waals surface area contributed by atoms with Gasteiger partial charge in [-0.15, -0.1) is 0 Å². The monoisotopic (exact) mass is 216 g/mol. The fourth-order valence-corrected chi connectivity index (χ4v) is 0.317. The summed E-state index contributed by atoms with van der Waals surface area (Å²) in [5.41, 5.74) is 0. The van der Waals surface area contributed by atoms with Crippen LogP contribution < -0.4 is 8.85 Å². The van der Waals surface area contributed by atoms with E-state index < -0.39 is 0 Å². The van der Waals surface area contributed by atoms with E-state index in [1.807, 2.05) is 22.9 Å². The largest absolute Gasteiger partial charge is 0.365 e. The van der Waals surface area contributed by atoms with Gasteiger partial charge in [-0.3, -0.25) is 0 Å². The summed E-state index contributed by atoms with van der Waals surface area (Å²) in [5, 5.41) is 3.39. The van der Waals surface area contributed by atoms with Crippen molar-refractivity contribution >= 4 is 40.2 Å². The van der Waals surface area contributed by atoms with E-state index in [-0.39, 0.29) is 0 Å². The van der Waals surface area contributed by atoms with E-state index in [4.69, 9.17) is 0 Å². The van der Waals surface area contributed by atoms with Crippen LogP contribution in [-0.2, 0) is 0 Å². The van der Waals surface area contributed by atoms with Crippen LogP contribution in [0.2, 0.25) is 0 Å².